The summed E-state index contributed by atoms with van der Waals surface area (Å²) < 4.78 is 23.5. The molecule has 1 aromatic carbocycles. The number of rotatable bonds is 4. The Bertz CT molecular complexity index is 544. The summed E-state index contributed by atoms with van der Waals surface area (Å²) in [6.07, 6.45) is 0. The SMILES string of the molecule is COc1ccc(-c2nc(C(N)CO)no2)c(F)c1. The van der Waals surface area contributed by atoms with E-state index < -0.39 is 11.9 Å². The van der Waals surface area contributed by atoms with Crippen LogP contribution in [0.3, 0.4) is 0 Å². The number of nitrogens with zero attached hydrogens (tertiary/aromatic N) is 2. The van der Waals surface area contributed by atoms with Crippen LogP contribution in [-0.2, 0) is 0 Å². The Morgan fingerprint density at radius 3 is 2.94 bits per heavy atom. The number of methoxy groups -OCH3 is 1. The van der Waals surface area contributed by atoms with Crippen LogP contribution in [0.2, 0.25) is 0 Å². The molecule has 0 aliphatic heterocycles. The third-order valence-corrected chi connectivity index (χ3v) is 2.38. The summed E-state index contributed by atoms with van der Waals surface area (Å²) in [6, 6.07) is 3.51. The van der Waals surface area contributed by atoms with Crippen molar-refractivity contribution in [3.8, 4) is 17.2 Å². The molecule has 1 heterocycles. The van der Waals surface area contributed by atoms with Gasteiger partial charge in [-0.25, -0.2) is 4.39 Å². The predicted molar refractivity (Wildman–Crippen MR) is 60.3 cm³/mol. The molecule has 0 aliphatic rings. The Morgan fingerprint density at radius 1 is 1.56 bits per heavy atom. The zero-order chi connectivity index (χ0) is 13.1. The van der Waals surface area contributed by atoms with Crippen molar-refractivity contribution in [1.29, 1.82) is 0 Å². The molecule has 96 valence electrons. The van der Waals surface area contributed by atoms with Crippen LogP contribution in [0.5, 0.6) is 5.75 Å². The van der Waals surface area contributed by atoms with E-state index in [1.54, 1.807) is 6.07 Å². The van der Waals surface area contributed by atoms with E-state index in [1.165, 1.54) is 19.2 Å². The Balaban J connectivity index is 2.34. The van der Waals surface area contributed by atoms with Crippen molar-refractivity contribution in [1.82, 2.24) is 10.1 Å². The van der Waals surface area contributed by atoms with Gasteiger partial charge in [0.05, 0.1) is 25.3 Å². The molecule has 18 heavy (non-hydrogen) atoms. The Morgan fingerprint density at radius 2 is 2.33 bits per heavy atom. The van der Waals surface area contributed by atoms with Gasteiger partial charge in [-0.3, -0.25) is 0 Å². The maximum atomic E-state index is 13.7. The van der Waals surface area contributed by atoms with E-state index in [-0.39, 0.29) is 23.9 Å². The third kappa shape index (κ3) is 2.31. The first-order valence-electron chi connectivity index (χ1n) is 5.19. The molecule has 1 aromatic heterocycles. The molecule has 0 fully saturated rings. The number of nitrogens with two attached hydrogens (primary N) is 1. The van der Waals surface area contributed by atoms with Crippen LogP contribution in [0, 0.1) is 5.82 Å². The van der Waals surface area contributed by atoms with E-state index in [4.69, 9.17) is 20.1 Å². The summed E-state index contributed by atoms with van der Waals surface area (Å²) in [6.45, 7) is -0.315. The Hall–Kier alpha value is -1.99. The average molecular weight is 253 g/mol. The van der Waals surface area contributed by atoms with Gasteiger partial charge in [-0.05, 0) is 12.1 Å². The van der Waals surface area contributed by atoms with Gasteiger partial charge in [0.2, 0.25) is 0 Å². The highest BCUT2D eigenvalue weighted by molar-refractivity contribution is 5.55. The lowest BCUT2D eigenvalue weighted by Crippen LogP contribution is -2.15. The van der Waals surface area contributed by atoms with E-state index in [2.05, 4.69) is 10.1 Å². The number of aromatic nitrogens is 2. The first kappa shape index (κ1) is 12.5. The van der Waals surface area contributed by atoms with Crippen molar-refractivity contribution in [3.05, 3.63) is 29.8 Å². The molecule has 0 amide bonds. The molecule has 1 atom stereocenters. The highest BCUT2D eigenvalue weighted by Crippen LogP contribution is 2.25. The van der Waals surface area contributed by atoms with E-state index in [9.17, 15) is 4.39 Å². The van der Waals surface area contributed by atoms with Crippen molar-refractivity contribution < 1.29 is 18.8 Å². The fourth-order valence-electron chi connectivity index (χ4n) is 1.37. The minimum Gasteiger partial charge on any atom is -0.497 e. The number of halogens is 1. The molecule has 0 saturated carbocycles. The Labute approximate surface area is 102 Å². The minimum atomic E-state index is -0.746. The standard InChI is InChI=1S/C11H12FN3O3/c1-17-6-2-3-7(8(12)4-6)11-14-10(15-18-11)9(13)5-16/h2-4,9,16H,5,13H2,1H3. The summed E-state index contributed by atoms with van der Waals surface area (Å²) in [7, 11) is 1.44. The quantitative estimate of drug-likeness (QED) is 0.839. The fraction of sp³-hybridized carbons (Fsp3) is 0.273. The number of ether oxygens (including phenoxy) is 1. The zero-order valence-electron chi connectivity index (χ0n) is 9.63. The highest BCUT2D eigenvalue weighted by atomic mass is 19.1. The van der Waals surface area contributed by atoms with Crippen molar-refractivity contribution in [3.63, 3.8) is 0 Å². The van der Waals surface area contributed by atoms with Crippen LogP contribution < -0.4 is 10.5 Å². The van der Waals surface area contributed by atoms with Crippen molar-refractivity contribution in [2.24, 2.45) is 5.73 Å². The Kier molecular flexibility index (Phi) is 3.54. The van der Waals surface area contributed by atoms with Gasteiger partial charge >= 0.3 is 0 Å². The number of benzene rings is 1. The molecule has 0 saturated heterocycles. The van der Waals surface area contributed by atoms with Crippen LogP contribution in [0.4, 0.5) is 4.39 Å². The highest BCUT2D eigenvalue weighted by Gasteiger charge is 2.17. The average Bonchev–Trinajstić information content (AvgIpc) is 2.87. The molecule has 3 N–H and O–H groups in total. The molecule has 7 heteroatoms. The number of hydrogen-bond acceptors (Lipinski definition) is 6. The summed E-state index contributed by atoms with van der Waals surface area (Å²) in [4.78, 5) is 3.92. The molecule has 2 rings (SSSR count). The van der Waals surface area contributed by atoms with Crippen LogP contribution in [0.15, 0.2) is 22.7 Å². The van der Waals surface area contributed by atoms with Gasteiger partial charge in [0.25, 0.3) is 5.89 Å². The molecular weight excluding hydrogens is 241 g/mol. The van der Waals surface area contributed by atoms with Gasteiger partial charge in [-0.1, -0.05) is 5.16 Å². The van der Waals surface area contributed by atoms with Gasteiger partial charge in [-0.2, -0.15) is 4.98 Å². The summed E-state index contributed by atoms with van der Waals surface area (Å²) in [5.74, 6) is -0.0121. The van der Waals surface area contributed by atoms with E-state index >= 15 is 0 Å². The lowest BCUT2D eigenvalue weighted by molar-refractivity contribution is 0.260. The van der Waals surface area contributed by atoms with E-state index in [0.717, 1.165) is 0 Å². The van der Waals surface area contributed by atoms with Crippen LogP contribution in [0.1, 0.15) is 11.9 Å². The monoisotopic (exact) mass is 253 g/mol. The lowest BCUT2D eigenvalue weighted by Gasteiger charge is -2.01. The largest absolute Gasteiger partial charge is 0.497 e. The van der Waals surface area contributed by atoms with Crippen molar-refractivity contribution in [2.75, 3.05) is 13.7 Å². The second-order valence-electron chi connectivity index (χ2n) is 3.59. The molecule has 0 spiro atoms. The van der Waals surface area contributed by atoms with Gasteiger partial charge in [-0.15, -0.1) is 0 Å². The summed E-state index contributed by atoms with van der Waals surface area (Å²) >= 11 is 0. The van der Waals surface area contributed by atoms with Gasteiger partial charge in [0.1, 0.15) is 11.6 Å². The van der Waals surface area contributed by atoms with Crippen molar-refractivity contribution in [2.45, 2.75) is 6.04 Å². The number of aliphatic hydroxyl groups excluding tert-OH is 1. The summed E-state index contributed by atoms with van der Waals surface area (Å²) in [5.41, 5.74) is 5.67. The zero-order valence-corrected chi connectivity index (χ0v) is 9.63. The maximum absolute atomic E-state index is 13.7. The second kappa shape index (κ2) is 5.11. The molecular formula is C11H12FN3O3. The lowest BCUT2D eigenvalue weighted by atomic mass is 10.2. The third-order valence-electron chi connectivity index (χ3n) is 2.38. The topological polar surface area (TPSA) is 94.4 Å². The van der Waals surface area contributed by atoms with Crippen LogP contribution in [0.25, 0.3) is 11.5 Å². The van der Waals surface area contributed by atoms with E-state index in [1.807, 2.05) is 0 Å². The molecule has 0 bridgehead atoms. The summed E-state index contributed by atoms with van der Waals surface area (Å²) in [5, 5.41) is 12.4. The van der Waals surface area contributed by atoms with Gasteiger partial charge < -0.3 is 20.1 Å². The molecule has 2 aromatic rings. The maximum Gasteiger partial charge on any atom is 0.260 e. The minimum absolute atomic E-state index is 0.00838. The molecule has 6 nitrogen and oxygen atoms in total. The first-order valence-corrected chi connectivity index (χ1v) is 5.19. The van der Waals surface area contributed by atoms with Crippen LogP contribution >= 0.6 is 0 Å². The van der Waals surface area contributed by atoms with Gasteiger partial charge in [0, 0.05) is 6.07 Å². The number of hydrogen-bond donors (Lipinski definition) is 2. The first-order chi connectivity index (χ1) is 8.65. The molecule has 0 aliphatic carbocycles. The second-order valence-corrected chi connectivity index (χ2v) is 3.59. The molecule has 0 radical (unpaired) electrons. The smallest absolute Gasteiger partial charge is 0.260 e. The van der Waals surface area contributed by atoms with Gasteiger partial charge in [0.15, 0.2) is 5.82 Å². The fourth-order valence-corrected chi connectivity index (χ4v) is 1.37. The van der Waals surface area contributed by atoms with E-state index in [0.29, 0.717) is 5.75 Å². The van der Waals surface area contributed by atoms with Crippen LogP contribution in [-0.4, -0.2) is 29.0 Å². The van der Waals surface area contributed by atoms with Crippen molar-refractivity contribution >= 4 is 0 Å². The predicted octanol–water partition coefficient (Wildman–Crippen LogP) is 0.876. The molecule has 1 unspecified atom stereocenters. The number of aliphatic hydroxyl groups is 1. The normalized spacial score (nSPS) is 12.4.